The molecule has 2 amide bonds. The summed E-state index contributed by atoms with van der Waals surface area (Å²) in [5.74, 6) is 1.33. The van der Waals surface area contributed by atoms with Crippen LogP contribution in [0.4, 0.5) is 11.4 Å². The summed E-state index contributed by atoms with van der Waals surface area (Å²) in [6, 6.07) is 8.62. The summed E-state index contributed by atoms with van der Waals surface area (Å²) in [6.07, 6.45) is 0.922. The molecule has 27 heavy (non-hydrogen) atoms. The van der Waals surface area contributed by atoms with E-state index in [9.17, 15) is 9.59 Å². The first-order chi connectivity index (χ1) is 13.0. The van der Waals surface area contributed by atoms with Gasteiger partial charge in [0.1, 0.15) is 23.4 Å². The lowest BCUT2D eigenvalue weighted by Gasteiger charge is -2.18. The van der Waals surface area contributed by atoms with Crippen LogP contribution in [0.15, 0.2) is 30.3 Å². The maximum atomic E-state index is 12.7. The Balaban J connectivity index is 1.59. The average molecular weight is 368 g/mol. The van der Waals surface area contributed by atoms with Crippen LogP contribution in [0.5, 0.6) is 17.2 Å². The molecule has 0 aliphatic carbocycles. The van der Waals surface area contributed by atoms with Crippen molar-refractivity contribution in [3.63, 3.8) is 0 Å². The van der Waals surface area contributed by atoms with E-state index in [2.05, 4.69) is 10.6 Å². The predicted molar refractivity (Wildman–Crippen MR) is 99.9 cm³/mol. The first-order valence-corrected chi connectivity index (χ1v) is 8.88. The zero-order valence-corrected chi connectivity index (χ0v) is 15.1. The number of carbonyl (C=O) groups excluding carboxylic acids is 2. The van der Waals surface area contributed by atoms with Crippen LogP contribution in [0.2, 0.25) is 0 Å². The molecule has 0 fully saturated rings. The molecule has 0 saturated carbocycles. The SMILES string of the molecule is CCOc1cc2c(cc1NC(=O)c1ccc3c(c1)OCC(=O)N3)O[C@@H](C)C2. The highest BCUT2D eigenvalue weighted by atomic mass is 16.5. The number of anilines is 2. The molecule has 2 aliphatic rings. The summed E-state index contributed by atoms with van der Waals surface area (Å²) >= 11 is 0. The van der Waals surface area contributed by atoms with Crippen molar-refractivity contribution in [2.24, 2.45) is 0 Å². The summed E-state index contributed by atoms with van der Waals surface area (Å²) in [5.41, 5.74) is 2.60. The molecule has 0 saturated heterocycles. The summed E-state index contributed by atoms with van der Waals surface area (Å²) in [6.45, 7) is 4.33. The lowest BCUT2D eigenvalue weighted by atomic mass is 10.1. The molecule has 140 valence electrons. The van der Waals surface area contributed by atoms with Crippen LogP contribution in [-0.2, 0) is 11.2 Å². The van der Waals surface area contributed by atoms with Crippen molar-refractivity contribution in [1.29, 1.82) is 0 Å². The third kappa shape index (κ3) is 3.40. The molecule has 1 atom stereocenters. The second-order valence-corrected chi connectivity index (χ2v) is 6.52. The molecule has 7 heteroatoms. The number of carbonyl (C=O) groups is 2. The van der Waals surface area contributed by atoms with E-state index in [4.69, 9.17) is 14.2 Å². The Labute approximate surface area is 156 Å². The van der Waals surface area contributed by atoms with Crippen molar-refractivity contribution in [2.45, 2.75) is 26.4 Å². The van der Waals surface area contributed by atoms with Crippen molar-refractivity contribution in [1.82, 2.24) is 0 Å². The number of hydrogen-bond acceptors (Lipinski definition) is 5. The number of benzene rings is 2. The quantitative estimate of drug-likeness (QED) is 0.866. The van der Waals surface area contributed by atoms with Gasteiger partial charge in [-0.05, 0) is 38.1 Å². The number of hydrogen-bond donors (Lipinski definition) is 2. The number of ether oxygens (including phenoxy) is 3. The highest BCUT2D eigenvalue weighted by Gasteiger charge is 2.23. The van der Waals surface area contributed by atoms with Gasteiger partial charge in [-0.2, -0.15) is 0 Å². The summed E-state index contributed by atoms with van der Waals surface area (Å²) in [4.78, 5) is 24.1. The van der Waals surface area contributed by atoms with Crippen molar-refractivity contribution >= 4 is 23.2 Å². The minimum Gasteiger partial charge on any atom is -0.492 e. The minimum absolute atomic E-state index is 0.0626. The van der Waals surface area contributed by atoms with Crippen LogP contribution in [0.25, 0.3) is 0 Å². The molecule has 2 heterocycles. The van der Waals surface area contributed by atoms with E-state index in [1.807, 2.05) is 19.9 Å². The Kier molecular flexibility index (Phi) is 4.35. The first kappa shape index (κ1) is 17.2. The van der Waals surface area contributed by atoms with E-state index in [-0.39, 0.29) is 24.5 Å². The number of fused-ring (bicyclic) bond motifs is 2. The highest BCUT2D eigenvalue weighted by molar-refractivity contribution is 6.06. The third-order valence-electron chi connectivity index (χ3n) is 4.42. The van der Waals surface area contributed by atoms with Crippen LogP contribution in [0.1, 0.15) is 29.8 Å². The van der Waals surface area contributed by atoms with E-state index < -0.39 is 0 Å². The van der Waals surface area contributed by atoms with E-state index in [1.165, 1.54) is 0 Å². The molecule has 0 bridgehead atoms. The van der Waals surface area contributed by atoms with Gasteiger partial charge < -0.3 is 24.8 Å². The van der Waals surface area contributed by atoms with Gasteiger partial charge in [0.2, 0.25) is 0 Å². The average Bonchev–Trinajstić information content (AvgIpc) is 3.00. The van der Waals surface area contributed by atoms with E-state index in [0.29, 0.717) is 35.0 Å². The van der Waals surface area contributed by atoms with Gasteiger partial charge in [-0.25, -0.2) is 0 Å². The van der Waals surface area contributed by atoms with Crippen LogP contribution in [0, 0.1) is 0 Å². The second-order valence-electron chi connectivity index (χ2n) is 6.52. The molecule has 4 rings (SSSR count). The standard InChI is InChI=1S/C20H20N2O5/c1-3-25-18-8-13-6-11(2)27-16(13)9-15(18)22-20(24)12-4-5-14-17(7-12)26-10-19(23)21-14/h4-5,7-9,11H,3,6,10H2,1-2H3,(H,21,23)(H,22,24)/t11-/m0/s1. The Bertz CT molecular complexity index is 925. The van der Waals surface area contributed by atoms with Gasteiger partial charge in [0.05, 0.1) is 18.0 Å². The molecule has 0 radical (unpaired) electrons. The van der Waals surface area contributed by atoms with Gasteiger partial charge in [0.15, 0.2) is 6.61 Å². The lowest BCUT2D eigenvalue weighted by molar-refractivity contribution is -0.118. The molecule has 2 N–H and O–H groups in total. The first-order valence-electron chi connectivity index (χ1n) is 8.88. The normalized spacial score (nSPS) is 17.1. The molecule has 2 aromatic rings. The zero-order valence-electron chi connectivity index (χ0n) is 15.1. The maximum absolute atomic E-state index is 12.7. The fourth-order valence-corrected chi connectivity index (χ4v) is 3.22. The Morgan fingerprint density at radius 1 is 1.30 bits per heavy atom. The van der Waals surface area contributed by atoms with Gasteiger partial charge >= 0.3 is 0 Å². The number of amides is 2. The van der Waals surface area contributed by atoms with Crippen molar-refractivity contribution < 1.29 is 23.8 Å². The third-order valence-corrected chi connectivity index (χ3v) is 4.42. The summed E-state index contributed by atoms with van der Waals surface area (Å²) < 4.78 is 16.9. The fraction of sp³-hybridized carbons (Fsp3) is 0.300. The molecule has 0 spiro atoms. The number of nitrogens with one attached hydrogen (secondary N) is 2. The second kappa shape index (κ2) is 6.83. The molecular formula is C20H20N2O5. The minimum atomic E-state index is -0.301. The Morgan fingerprint density at radius 3 is 2.96 bits per heavy atom. The van der Waals surface area contributed by atoms with Gasteiger partial charge in [0.25, 0.3) is 11.8 Å². The summed E-state index contributed by atoms with van der Waals surface area (Å²) in [5, 5.41) is 5.59. The summed E-state index contributed by atoms with van der Waals surface area (Å²) in [7, 11) is 0. The molecular weight excluding hydrogens is 348 g/mol. The number of rotatable bonds is 4. The van der Waals surface area contributed by atoms with Gasteiger partial charge in [-0.15, -0.1) is 0 Å². The van der Waals surface area contributed by atoms with E-state index in [1.54, 1.807) is 24.3 Å². The van der Waals surface area contributed by atoms with E-state index >= 15 is 0 Å². The van der Waals surface area contributed by atoms with Gasteiger partial charge in [0, 0.05) is 23.6 Å². The molecule has 0 aromatic heterocycles. The monoisotopic (exact) mass is 368 g/mol. The Morgan fingerprint density at radius 2 is 2.15 bits per heavy atom. The lowest BCUT2D eigenvalue weighted by Crippen LogP contribution is -2.25. The maximum Gasteiger partial charge on any atom is 0.262 e. The Hall–Kier alpha value is -3.22. The highest BCUT2D eigenvalue weighted by Crippen LogP contribution is 2.38. The van der Waals surface area contributed by atoms with Crippen LogP contribution in [-0.4, -0.2) is 31.1 Å². The predicted octanol–water partition coefficient (Wildman–Crippen LogP) is 2.99. The zero-order chi connectivity index (χ0) is 19.0. The van der Waals surface area contributed by atoms with Crippen LogP contribution < -0.4 is 24.8 Å². The molecule has 7 nitrogen and oxygen atoms in total. The fourth-order valence-electron chi connectivity index (χ4n) is 3.22. The van der Waals surface area contributed by atoms with Crippen LogP contribution in [0.3, 0.4) is 0 Å². The molecule has 2 aromatic carbocycles. The smallest absolute Gasteiger partial charge is 0.262 e. The molecule has 2 aliphatic heterocycles. The van der Waals surface area contributed by atoms with Gasteiger partial charge in [-0.1, -0.05) is 0 Å². The molecule has 0 unspecified atom stereocenters. The van der Waals surface area contributed by atoms with Crippen molar-refractivity contribution in [3.05, 3.63) is 41.5 Å². The largest absolute Gasteiger partial charge is 0.492 e. The van der Waals surface area contributed by atoms with Gasteiger partial charge in [-0.3, -0.25) is 9.59 Å². The van der Waals surface area contributed by atoms with E-state index in [0.717, 1.165) is 17.7 Å². The van der Waals surface area contributed by atoms with Crippen molar-refractivity contribution in [2.75, 3.05) is 23.8 Å². The van der Waals surface area contributed by atoms with Crippen LogP contribution >= 0.6 is 0 Å². The van der Waals surface area contributed by atoms with Crippen molar-refractivity contribution in [3.8, 4) is 17.2 Å². The topological polar surface area (TPSA) is 85.9 Å².